The highest BCUT2D eigenvalue weighted by molar-refractivity contribution is 7.99. The second-order valence-corrected chi connectivity index (χ2v) is 7.63. The fourth-order valence-corrected chi connectivity index (χ4v) is 3.60. The summed E-state index contributed by atoms with van der Waals surface area (Å²) in [6.07, 6.45) is 0. The predicted molar refractivity (Wildman–Crippen MR) is 108 cm³/mol. The first-order valence-corrected chi connectivity index (χ1v) is 10.4. The maximum absolute atomic E-state index is 12.3. The zero-order valence-electron chi connectivity index (χ0n) is 16.4. The Morgan fingerprint density at radius 1 is 1.04 bits per heavy atom. The Morgan fingerprint density at radius 2 is 1.57 bits per heavy atom. The molecule has 2 amide bonds. The van der Waals surface area contributed by atoms with E-state index in [0.717, 1.165) is 39.3 Å². The molecule has 0 aliphatic carbocycles. The van der Waals surface area contributed by atoms with E-state index in [-0.39, 0.29) is 18.4 Å². The Balaban J connectivity index is 1.72. The van der Waals surface area contributed by atoms with Crippen LogP contribution in [0.1, 0.15) is 13.8 Å². The van der Waals surface area contributed by atoms with Crippen molar-refractivity contribution < 1.29 is 18.4 Å². The SMILES string of the molecule is CCN(CC)C(=O)CN1CCN(CC(=O)Nc2ccc(SC(F)F)cc2)CC1. The molecule has 28 heavy (non-hydrogen) atoms. The van der Waals surface area contributed by atoms with E-state index in [0.29, 0.717) is 28.9 Å². The molecule has 9 heteroatoms. The van der Waals surface area contributed by atoms with Gasteiger partial charge < -0.3 is 10.2 Å². The monoisotopic (exact) mass is 414 g/mol. The van der Waals surface area contributed by atoms with Crippen molar-refractivity contribution in [2.24, 2.45) is 0 Å². The minimum absolute atomic E-state index is 0.137. The van der Waals surface area contributed by atoms with Gasteiger partial charge in [0.2, 0.25) is 11.8 Å². The normalized spacial score (nSPS) is 15.6. The minimum atomic E-state index is -2.46. The van der Waals surface area contributed by atoms with Crippen molar-refractivity contribution in [3.05, 3.63) is 24.3 Å². The van der Waals surface area contributed by atoms with Crippen molar-refractivity contribution in [2.45, 2.75) is 24.5 Å². The summed E-state index contributed by atoms with van der Waals surface area (Å²) < 4.78 is 24.7. The van der Waals surface area contributed by atoms with E-state index in [1.807, 2.05) is 18.7 Å². The van der Waals surface area contributed by atoms with Crippen molar-refractivity contribution in [1.29, 1.82) is 0 Å². The lowest BCUT2D eigenvalue weighted by Crippen LogP contribution is -2.51. The zero-order chi connectivity index (χ0) is 20.5. The Bertz CT molecular complexity index is 633. The summed E-state index contributed by atoms with van der Waals surface area (Å²) in [6.45, 7) is 9.03. The zero-order valence-corrected chi connectivity index (χ0v) is 17.2. The standard InChI is InChI=1S/C19H28F2N4O2S/c1-3-25(4-2)18(27)14-24-11-9-23(10-12-24)13-17(26)22-15-5-7-16(8-6-15)28-19(20)21/h5-8,19H,3-4,9-14H2,1-2H3,(H,22,26). The molecule has 0 saturated carbocycles. The summed E-state index contributed by atoms with van der Waals surface area (Å²) in [5, 5.41) is 2.79. The molecule has 0 unspecified atom stereocenters. The number of anilines is 1. The van der Waals surface area contributed by atoms with E-state index in [1.165, 1.54) is 0 Å². The highest BCUT2D eigenvalue weighted by atomic mass is 32.2. The molecule has 1 N–H and O–H groups in total. The third-order valence-electron chi connectivity index (χ3n) is 4.67. The third-order valence-corrected chi connectivity index (χ3v) is 5.39. The molecule has 0 bridgehead atoms. The van der Waals surface area contributed by atoms with E-state index < -0.39 is 5.76 Å². The first kappa shape index (κ1) is 22.6. The van der Waals surface area contributed by atoms with Crippen molar-refractivity contribution in [2.75, 3.05) is 57.7 Å². The Morgan fingerprint density at radius 3 is 2.07 bits per heavy atom. The summed E-state index contributed by atoms with van der Waals surface area (Å²) in [6, 6.07) is 6.38. The van der Waals surface area contributed by atoms with Crippen LogP contribution in [-0.2, 0) is 9.59 Å². The number of nitrogens with one attached hydrogen (secondary N) is 1. The van der Waals surface area contributed by atoms with Gasteiger partial charge in [-0.25, -0.2) is 0 Å². The van der Waals surface area contributed by atoms with Gasteiger partial charge in [-0.3, -0.25) is 19.4 Å². The summed E-state index contributed by atoms with van der Waals surface area (Å²) in [4.78, 5) is 30.9. The molecule has 1 aromatic carbocycles. The van der Waals surface area contributed by atoms with Crippen LogP contribution >= 0.6 is 11.8 Å². The molecule has 2 rings (SSSR count). The van der Waals surface area contributed by atoms with Crippen LogP contribution < -0.4 is 5.32 Å². The predicted octanol–water partition coefficient (Wildman–Crippen LogP) is 2.43. The van der Waals surface area contributed by atoms with Crippen molar-refractivity contribution in [3.63, 3.8) is 0 Å². The van der Waals surface area contributed by atoms with Gasteiger partial charge in [-0.05, 0) is 38.1 Å². The fourth-order valence-electron chi connectivity index (χ4n) is 3.10. The highest BCUT2D eigenvalue weighted by Gasteiger charge is 2.22. The number of carbonyl (C=O) groups is 2. The Hall–Kier alpha value is -1.71. The van der Waals surface area contributed by atoms with Gasteiger partial charge in [0.15, 0.2) is 0 Å². The Kier molecular flexibility index (Phi) is 9.14. The van der Waals surface area contributed by atoms with Gasteiger partial charge in [-0.15, -0.1) is 0 Å². The van der Waals surface area contributed by atoms with E-state index in [4.69, 9.17) is 0 Å². The largest absolute Gasteiger partial charge is 0.342 e. The van der Waals surface area contributed by atoms with E-state index >= 15 is 0 Å². The molecular formula is C19H28F2N4O2S. The molecule has 1 saturated heterocycles. The second kappa shape index (κ2) is 11.3. The number of likely N-dealkylation sites (N-methyl/N-ethyl adjacent to an activating group) is 1. The molecule has 0 aromatic heterocycles. The van der Waals surface area contributed by atoms with E-state index in [2.05, 4.69) is 15.1 Å². The van der Waals surface area contributed by atoms with Crippen LogP contribution in [0.4, 0.5) is 14.5 Å². The van der Waals surface area contributed by atoms with Gasteiger partial charge in [0.1, 0.15) is 0 Å². The van der Waals surface area contributed by atoms with Gasteiger partial charge in [0, 0.05) is 49.9 Å². The maximum Gasteiger partial charge on any atom is 0.288 e. The molecule has 0 spiro atoms. The van der Waals surface area contributed by atoms with Gasteiger partial charge in [0.25, 0.3) is 5.76 Å². The second-order valence-electron chi connectivity index (χ2n) is 6.57. The Labute approximate surface area is 169 Å². The molecule has 1 heterocycles. The van der Waals surface area contributed by atoms with E-state index in [9.17, 15) is 18.4 Å². The number of hydrogen-bond acceptors (Lipinski definition) is 5. The minimum Gasteiger partial charge on any atom is -0.342 e. The van der Waals surface area contributed by atoms with E-state index in [1.54, 1.807) is 24.3 Å². The number of piperazine rings is 1. The maximum atomic E-state index is 12.3. The number of thioether (sulfide) groups is 1. The molecule has 6 nitrogen and oxygen atoms in total. The highest BCUT2D eigenvalue weighted by Crippen LogP contribution is 2.26. The van der Waals surface area contributed by atoms with Crippen molar-refractivity contribution in [3.8, 4) is 0 Å². The molecule has 1 aliphatic heterocycles. The van der Waals surface area contributed by atoms with Crippen LogP contribution in [-0.4, -0.2) is 84.6 Å². The topological polar surface area (TPSA) is 55.9 Å². The quantitative estimate of drug-likeness (QED) is 0.629. The average molecular weight is 415 g/mol. The van der Waals surface area contributed by atoms with Crippen LogP contribution in [0.2, 0.25) is 0 Å². The number of carbonyl (C=O) groups excluding carboxylic acids is 2. The first-order valence-electron chi connectivity index (χ1n) is 9.48. The number of halogens is 2. The van der Waals surface area contributed by atoms with Crippen molar-refractivity contribution in [1.82, 2.24) is 14.7 Å². The summed E-state index contributed by atoms with van der Waals surface area (Å²) in [5.41, 5.74) is 0.590. The van der Waals surface area contributed by atoms with Crippen LogP contribution in [0.25, 0.3) is 0 Å². The number of amides is 2. The number of nitrogens with zero attached hydrogens (tertiary/aromatic N) is 3. The average Bonchev–Trinajstić information content (AvgIpc) is 2.65. The molecule has 0 radical (unpaired) electrons. The fraction of sp³-hybridized carbons (Fsp3) is 0.579. The van der Waals surface area contributed by atoms with Gasteiger partial charge in [-0.2, -0.15) is 8.78 Å². The van der Waals surface area contributed by atoms with Crippen LogP contribution in [0.3, 0.4) is 0 Å². The molecule has 1 aromatic rings. The number of benzene rings is 1. The number of alkyl halides is 2. The summed E-state index contributed by atoms with van der Waals surface area (Å²) in [5.74, 6) is -2.45. The summed E-state index contributed by atoms with van der Waals surface area (Å²) in [7, 11) is 0. The van der Waals surface area contributed by atoms with Crippen LogP contribution in [0.5, 0.6) is 0 Å². The first-order chi connectivity index (χ1) is 13.4. The smallest absolute Gasteiger partial charge is 0.288 e. The lowest BCUT2D eigenvalue weighted by Gasteiger charge is -2.34. The molecule has 156 valence electrons. The van der Waals surface area contributed by atoms with Gasteiger partial charge >= 0.3 is 0 Å². The molecule has 1 fully saturated rings. The number of rotatable bonds is 9. The summed E-state index contributed by atoms with van der Waals surface area (Å²) >= 11 is 0.477. The van der Waals surface area contributed by atoms with Crippen molar-refractivity contribution >= 4 is 29.3 Å². The molecule has 0 atom stereocenters. The van der Waals surface area contributed by atoms with Crippen LogP contribution in [0.15, 0.2) is 29.2 Å². The lowest BCUT2D eigenvalue weighted by molar-refractivity contribution is -0.132. The lowest BCUT2D eigenvalue weighted by atomic mass is 10.3. The third kappa shape index (κ3) is 7.37. The van der Waals surface area contributed by atoms with Crippen LogP contribution in [0, 0.1) is 0 Å². The van der Waals surface area contributed by atoms with Gasteiger partial charge in [-0.1, -0.05) is 11.8 Å². The molecular weight excluding hydrogens is 386 g/mol. The number of hydrogen-bond donors (Lipinski definition) is 1. The molecule has 1 aliphatic rings. The van der Waals surface area contributed by atoms with Gasteiger partial charge in [0.05, 0.1) is 13.1 Å².